The number of aromatic nitrogens is 4. The van der Waals surface area contributed by atoms with Crippen LogP contribution in [0.2, 0.25) is 0 Å². The first-order chi connectivity index (χ1) is 14.7. The van der Waals surface area contributed by atoms with Crippen molar-refractivity contribution in [1.82, 2.24) is 19.7 Å². The fraction of sp³-hybridized carbons (Fsp3) is 0.409. The SMILES string of the molecule is COCc1nnc(N2CCC3(CC2)OCc2ccccc23)n1-c1ccc(OC)nc1. The number of hydrogen-bond donors (Lipinski definition) is 0. The van der Waals surface area contributed by atoms with Crippen LogP contribution in [0, 0.1) is 0 Å². The number of fused-ring (bicyclic) bond motifs is 2. The van der Waals surface area contributed by atoms with E-state index in [1.807, 2.05) is 16.7 Å². The molecule has 0 unspecified atom stereocenters. The molecule has 2 aliphatic rings. The van der Waals surface area contributed by atoms with Gasteiger partial charge in [-0.25, -0.2) is 4.98 Å². The number of rotatable bonds is 5. The molecule has 0 amide bonds. The minimum Gasteiger partial charge on any atom is -0.481 e. The fourth-order valence-electron chi connectivity index (χ4n) is 4.49. The molecule has 1 saturated heterocycles. The molecule has 0 bridgehead atoms. The quantitative estimate of drug-likeness (QED) is 0.644. The maximum absolute atomic E-state index is 6.31. The number of nitrogens with zero attached hydrogens (tertiary/aromatic N) is 5. The van der Waals surface area contributed by atoms with E-state index in [1.165, 1.54) is 11.1 Å². The van der Waals surface area contributed by atoms with Crippen LogP contribution in [-0.4, -0.2) is 47.1 Å². The largest absolute Gasteiger partial charge is 0.481 e. The highest BCUT2D eigenvalue weighted by molar-refractivity contribution is 5.45. The van der Waals surface area contributed by atoms with Crippen molar-refractivity contribution in [1.29, 1.82) is 0 Å². The Kier molecular flexibility index (Phi) is 4.88. The van der Waals surface area contributed by atoms with Crippen molar-refractivity contribution in [2.75, 3.05) is 32.2 Å². The van der Waals surface area contributed by atoms with Crippen LogP contribution in [0.5, 0.6) is 5.88 Å². The summed E-state index contributed by atoms with van der Waals surface area (Å²) in [5, 5.41) is 8.88. The molecule has 4 heterocycles. The van der Waals surface area contributed by atoms with Crippen LogP contribution in [0.1, 0.15) is 29.8 Å². The first-order valence-corrected chi connectivity index (χ1v) is 10.1. The van der Waals surface area contributed by atoms with E-state index in [1.54, 1.807) is 20.4 Å². The number of anilines is 1. The van der Waals surface area contributed by atoms with E-state index >= 15 is 0 Å². The zero-order valence-electron chi connectivity index (χ0n) is 17.2. The summed E-state index contributed by atoms with van der Waals surface area (Å²) in [6, 6.07) is 12.4. The molecule has 0 atom stereocenters. The maximum atomic E-state index is 6.31. The maximum Gasteiger partial charge on any atom is 0.232 e. The lowest BCUT2D eigenvalue weighted by Gasteiger charge is -2.39. The van der Waals surface area contributed by atoms with E-state index in [4.69, 9.17) is 14.2 Å². The number of methoxy groups -OCH3 is 2. The Hall–Kier alpha value is -2.97. The Bertz CT molecular complexity index is 1030. The lowest BCUT2D eigenvalue weighted by atomic mass is 9.84. The van der Waals surface area contributed by atoms with Crippen LogP contribution in [-0.2, 0) is 28.3 Å². The van der Waals surface area contributed by atoms with E-state index < -0.39 is 0 Å². The lowest BCUT2D eigenvalue weighted by Crippen LogP contribution is -2.43. The molecule has 1 aromatic carbocycles. The molecule has 0 N–H and O–H groups in total. The molecule has 0 saturated carbocycles. The van der Waals surface area contributed by atoms with Crippen molar-refractivity contribution >= 4 is 5.95 Å². The van der Waals surface area contributed by atoms with Gasteiger partial charge in [-0.2, -0.15) is 0 Å². The van der Waals surface area contributed by atoms with Gasteiger partial charge in [0.25, 0.3) is 0 Å². The third-order valence-corrected chi connectivity index (χ3v) is 6.04. The molecule has 1 spiro atoms. The summed E-state index contributed by atoms with van der Waals surface area (Å²) in [5.41, 5.74) is 3.34. The molecule has 5 rings (SSSR count). The smallest absolute Gasteiger partial charge is 0.232 e. The highest BCUT2D eigenvalue weighted by Crippen LogP contribution is 2.44. The van der Waals surface area contributed by atoms with Gasteiger partial charge in [0.2, 0.25) is 11.8 Å². The van der Waals surface area contributed by atoms with Crippen molar-refractivity contribution in [3.05, 3.63) is 59.5 Å². The zero-order chi connectivity index (χ0) is 20.6. The highest BCUT2D eigenvalue weighted by atomic mass is 16.5. The predicted octanol–water partition coefficient (Wildman–Crippen LogP) is 2.84. The highest BCUT2D eigenvalue weighted by Gasteiger charge is 2.43. The normalized spacial score (nSPS) is 17.3. The number of hydrogen-bond acceptors (Lipinski definition) is 7. The lowest BCUT2D eigenvalue weighted by molar-refractivity contribution is -0.0553. The molecule has 1 fully saturated rings. The standard InChI is InChI=1S/C22H25N5O3/c1-28-15-19-24-25-21(27(19)17-7-8-20(29-2)23-13-17)26-11-9-22(10-12-26)18-6-4-3-5-16(18)14-30-22/h3-8,13H,9-12,14-15H2,1-2H3. The minimum absolute atomic E-state index is 0.186. The molecule has 0 radical (unpaired) electrons. The van der Waals surface area contributed by atoms with Crippen molar-refractivity contribution in [3.8, 4) is 11.6 Å². The van der Waals surface area contributed by atoms with Gasteiger partial charge in [-0.15, -0.1) is 10.2 Å². The molecule has 2 aliphatic heterocycles. The molecule has 30 heavy (non-hydrogen) atoms. The van der Waals surface area contributed by atoms with Gasteiger partial charge in [-0.05, 0) is 30.0 Å². The number of ether oxygens (including phenoxy) is 3. The molecule has 3 aromatic rings. The topological polar surface area (TPSA) is 74.5 Å². The van der Waals surface area contributed by atoms with Crippen LogP contribution < -0.4 is 9.64 Å². The second-order valence-electron chi connectivity index (χ2n) is 7.67. The Morgan fingerprint density at radius 2 is 1.90 bits per heavy atom. The van der Waals surface area contributed by atoms with Gasteiger partial charge in [0.1, 0.15) is 6.61 Å². The van der Waals surface area contributed by atoms with E-state index in [0.717, 1.165) is 43.4 Å². The minimum atomic E-state index is -0.186. The second kappa shape index (κ2) is 7.70. The van der Waals surface area contributed by atoms with E-state index in [9.17, 15) is 0 Å². The Morgan fingerprint density at radius 1 is 1.07 bits per heavy atom. The number of benzene rings is 1. The van der Waals surface area contributed by atoms with Crippen LogP contribution in [0.25, 0.3) is 5.69 Å². The average molecular weight is 407 g/mol. The molecular formula is C22H25N5O3. The van der Waals surface area contributed by atoms with Gasteiger partial charge < -0.3 is 19.1 Å². The Morgan fingerprint density at radius 3 is 2.63 bits per heavy atom. The zero-order valence-corrected chi connectivity index (χ0v) is 17.2. The van der Waals surface area contributed by atoms with Crippen LogP contribution in [0.4, 0.5) is 5.95 Å². The van der Waals surface area contributed by atoms with Crippen molar-refractivity contribution < 1.29 is 14.2 Å². The molecule has 8 heteroatoms. The Labute approximate surface area is 175 Å². The van der Waals surface area contributed by atoms with E-state index in [0.29, 0.717) is 19.1 Å². The predicted molar refractivity (Wildman–Crippen MR) is 111 cm³/mol. The average Bonchev–Trinajstić information content (AvgIpc) is 3.37. The van der Waals surface area contributed by atoms with E-state index in [-0.39, 0.29) is 5.60 Å². The first-order valence-electron chi connectivity index (χ1n) is 10.1. The summed E-state index contributed by atoms with van der Waals surface area (Å²) in [4.78, 5) is 6.62. The van der Waals surface area contributed by atoms with Gasteiger partial charge in [-0.3, -0.25) is 4.57 Å². The molecule has 8 nitrogen and oxygen atoms in total. The van der Waals surface area contributed by atoms with Gasteiger partial charge in [0.05, 0.1) is 31.2 Å². The molecular weight excluding hydrogens is 382 g/mol. The van der Waals surface area contributed by atoms with Crippen molar-refractivity contribution in [3.63, 3.8) is 0 Å². The summed E-state index contributed by atoms with van der Waals surface area (Å²) in [5.74, 6) is 2.11. The fourth-order valence-corrected chi connectivity index (χ4v) is 4.49. The number of pyridine rings is 1. The third kappa shape index (κ3) is 3.12. The summed E-state index contributed by atoms with van der Waals surface area (Å²) in [6.07, 6.45) is 3.60. The Balaban J connectivity index is 1.43. The summed E-state index contributed by atoms with van der Waals surface area (Å²) in [6.45, 7) is 2.74. The van der Waals surface area contributed by atoms with Gasteiger partial charge in [-0.1, -0.05) is 24.3 Å². The van der Waals surface area contributed by atoms with Crippen molar-refractivity contribution in [2.24, 2.45) is 0 Å². The van der Waals surface area contributed by atoms with Crippen LogP contribution in [0.15, 0.2) is 42.6 Å². The second-order valence-corrected chi connectivity index (χ2v) is 7.67. The van der Waals surface area contributed by atoms with Crippen molar-refractivity contribution in [2.45, 2.75) is 31.7 Å². The summed E-state index contributed by atoms with van der Waals surface area (Å²) < 4.78 is 18.9. The van der Waals surface area contributed by atoms with Gasteiger partial charge >= 0.3 is 0 Å². The van der Waals surface area contributed by atoms with E-state index in [2.05, 4.69) is 44.3 Å². The summed E-state index contributed by atoms with van der Waals surface area (Å²) in [7, 11) is 3.26. The molecule has 2 aromatic heterocycles. The number of piperidine rings is 1. The third-order valence-electron chi connectivity index (χ3n) is 6.04. The monoisotopic (exact) mass is 407 g/mol. The van der Waals surface area contributed by atoms with Gasteiger partial charge in [0, 0.05) is 26.3 Å². The first kappa shape index (κ1) is 19.0. The molecule has 0 aliphatic carbocycles. The molecule has 156 valence electrons. The van der Waals surface area contributed by atoms with Crippen LogP contribution in [0.3, 0.4) is 0 Å². The van der Waals surface area contributed by atoms with Gasteiger partial charge in [0.15, 0.2) is 5.82 Å². The summed E-state index contributed by atoms with van der Waals surface area (Å²) >= 11 is 0. The van der Waals surface area contributed by atoms with Crippen LogP contribution >= 0.6 is 0 Å².